The van der Waals surface area contributed by atoms with Gasteiger partial charge >= 0.3 is 5.97 Å². The summed E-state index contributed by atoms with van der Waals surface area (Å²) in [5.41, 5.74) is 1.54. The number of benzene rings is 2. The summed E-state index contributed by atoms with van der Waals surface area (Å²) >= 11 is 5.87. The van der Waals surface area contributed by atoms with Crippen molar-refractivity contribution in [2.24, 2.45) is 0 Å². The van der Waals surface area contributed by atoms with Crippen LogP contribution in [0, 0.1) is 0 Å². The highest BCUT2D eigenvalue weighted by atomic mass is 35.5. The molecule has 1 N–H and O–H groups in total. The van der Waals surface area contributed by atoms with E-state index in [0.29, 0.717) is 16.5 Å². The summed E-state index contributed by atoms with van der Waals surface area (Å²) in [6.45, 7) is 5.32. The zero-order chi connectivity index (χ0) is 19.1. The fourth-order valence-electron chi connectivity index (χ4n) is 2.32. The summed E-state index contributed by atoms with van der Waals surface area (Å²) in [6.07, 6.45) is -0.953. The van der Waals surface area contributed by atoms with Crippen molar-refractivity contribution in [3.63, 3.8) is 0 Å². The second-order valence-corrected chi connectivity index (χ2v) is 6.55. The number of rotatable bonds is 7. The molecule has 0 aliphatic heterocycles. The molecule has 0 heterocycles. The first-order chi connectivity index (χ1) is 12.4. The van der Waals surface area contributed by atoms with Crippen LogP contribution in [0.4, 0.5) is 5.69 Å². The average Bonchev–Trinajstić information content (AvgIpc) is 2.60. The van der Waals surface area contributed by atoms with Crippen molar-refractivity contribution in [1.29, 1.82) is 0 Å². The van der Waals surface area contributed by atoms with E-state index in [-0.39, 0.29) is 12.5 Å². The highest BCUT2D eigenvalue weighted by Gasteiger charge is 2.19. The Morgan fingerprint density at radius 3 is 2.50 bits per heavy atom. The Balaban J connectivity index is 1.86. The Morgan fingerprint density at radius 1 is 1.08 bits per heavy atom. The molecule has 0 aliphatic rings. The Kier molecular flexibility index (Phi) is 7.04. The Morgan fingerprint density at radius 2 is 1.81 bits per heavy atom. The number of halogens is 1. The molecule has 0 aromatic heterocycles. The molecule has 0 radical (unpaired) electrons. The van der Waals surface area contributed by atoms with Gasteiger partial charge in [0, 0.05) is 10.7 Å². The largest absolute Gasteiger partial charge is 0.482 e. The second kappa shape index (κ2) is 9.25. The van der Waals surface area contributed by atoms with Crippen molar-refractivity contribution in [3.05, 3.63) is 59.1 Å². The molecule has 2 rings (SSSR count). The molecule has 138 valence electrons. The summed E-state index contributed by atoms with van der Waals surface area (Å²) in [6, 6.07) is 14.2. The number of hydrogen-bond acceptors (Lipinski definition) is 4. The van der Waals surface area contributed by atoms with Gasteiger partial charge in [0.25, 0.3) is 5.91 Å². The Labute approximate surface area is 158 Å². The van der Waals surface area contributed by atoms with Gasteiger partial charge in [0.2, 0.25) is 0 Å². The molecule has 2 aromatic carbocycles. The lowest BCUT2D eigenvalue weighted by Gasteiger charge is -2.16. The number of anilines is 1. The average molecular weight is 376 g/mol. The van der Waals surface area contributed by atoms with Crippen LogP contribution in [0.25, 0.3) is 0 Å². The Hall–Kier alpha value is -2.53. The van der Waals surface area contributed by atoms with Crippen molar-refractivity contribution < 1.29 is 19.1 Å². The lowest BCUT2D eigenvalue weighted by atomic mass is 10.0. The van der Waals surface area contributed by atoms with Gasteiger partial charge in [-0.15, -0.1) is 0 Å². The smallest absolute Gasteiger partial charge is 0.344 e. The van der Waals surface area contributed by atoms with Gasteiger partial charge in [-0.25, -0.2) is 4.79 Å². The van der Waals surface area contributed by atoms with E-state index in [2.05, 4.69) is 5.32 Å². The van der Waals surface area contributed by atoms with Crippen LogP contribution >= 0.6 is 11.6 Å². The second-order valence-electron chi connectivity index (χ2n) is 6.11. The van der Waals surface area contributed by atoms with Crippen LogP contribution in [0.2, 0.25) is 5.02 Å². The van der Waals surface area contributed by atoms with Crippen molar-refractivity contribution in [3.8, 4) is 5.75 Å². The maximum Gasteiger partial charge on any atom is 0.344 e. The number of carbonyl (C=O) groups is 2. The molecule has 6 heteroatoms. The molecule has 0 bridgehead atoms. The SMILES string of the molecule is CC(C)c1ccccc1OCC(=O)O[C@H](C)C(=O)Nc1cccc(Cl)c1. The van der Waals surface area contributed by atoms with Crippen LogP contribution in [-0.4, -0.2) is 24.6 Å². The standard InChI is InChI=1S/C20H22ClNO4/c1-13(2)17-9-4-5-10-18(17)25-12-19(23)26-14(3)20(24)22-16-8-6-7-15(21)11-16/h4-11,13-14H,12H2,1-3H3,(H,22,24)/t14-/m1/s1. The molecule has 1 amide bonds. The van der Waals surface area contributed by atoms with E-state index in [1.54, 1.807) is 30.3 Å². The van der Waals surface area contributed by atoms with E-state index in [4.69, 9.17) is 21.1 Å². The summed E-state index contributed by atoms with van der Waals surface area (Å²) in [4.78, 5) is 24.1. The van der Waals surface area contributed by atoms with Gasteiger partial charge in [-0.1, -0.05) is 49.7 Å². The minimum absolute atomic E-state index is 0.265. The first-order valence-corrected chi connectivity index (χ1v) is 8.72. The van der Waals surface area contributed by atoms with Crippen molar-refractivity contribution >= 4 is 29.2 Å². The first kappa shape index (κ1) is 19.8. The highest BCUT2D eigenvalue weighted by molar-refractivity contribution is 6.30. The maximum absolute atomic E-state index is 12.1. The molecular weight excluding hydrogens is 354 g/mol. The van der Waals surface area contributed by atoms with E-state index >= 15 is 0 Å². The van der Waals surface area contributed by atoms with Crippen LogP contribution < -0.4 is 10.1 Å². The summed E-state index contributed by atoms with van der Waals surface area (Å²) in [5, 5.41) is 3.15. The molecule has 0 aliphatic carbocycles. The first-order valence-electron chi connectivity index (χ1n) is 8.34. The number of para-hydroxylation sites is 1. The monoisotopic (exact) mass is 375 g/mol. The minimum atomic E-state index is -0.953. The normalized spacial score (nSPS) is 11.7. The van der Waals surface area contributed by atoms with E-state index in [1.807, 2.05) is 32.0 Å². The molecule has 2 aromatic rings. The molecule has 5 nitrogen and oxygen atoms in total. The predicted octanol–water partition coefficient (Wildman–Crippen LogP) is 4.41. The van der Waals surface area contributed by atoms with E-state index in [1.165, 1.54) is 6.92 Å². The third-order valence-corrected chi connectivity index (χ3v) is 3.89. The van der Waals surface area contributed by atoms with Gasteiger partial charge in [0.05, 0.1) is 0 Å². The van der Waals surface area contributed by atoms with Gasteiger partial charge < -0.3 is 14.8 Å². The molecule has 1 atom stereocenters. The van der Waals surface area contributed by atoms with E-state index < -0.39 is 18.0 Å². The fraction of sp³-hybridized carbons (Fsp3) is 0.300. The number of hydrogen-bond donors (Lipinski definition) is 1. The maximum atomic E-state index is 12.1. The van der Waals surface area contributed by atoms with E-state index in [9.17, 15) is 9.59 Å². The summed E-state index contributed by atoms with van der Waals surface area (Å²) < 4.78 is 10.7. The van der Waals surface area contributed by atoms with Gasteiger partial charge in [-0.2, -0.15) is 0 Å². The number of nitrogens with one attached hydrogen (secondary N) is 1. The third-order valence-electron chi connectivity index (χ3n) is 3.66. The molecule has 0 unspecified atom stereocenters. The van der Waals surface area contributed by atoms with Gasteiger partial charge in [-0.3, -0.25) is 4.79 Å². The molecular formula is C20H22ClNO4. The number of ether oxygens (including phenoxy) is 2. The number of amides is 1. The molecule has 0 fully saturated rings. The van der Waals surface area contributed by atoms with Crippen molar-refractivity contribution in [2.45, 2.75) is 32.8 Å². The summed E-state index contributed by atoms with van der Waals surface area (Å²) in [7, 11) is 0. The van der Waals surface area contributed by atoms with Crippen LogP contribution in [0.5, 0.6) is 5.75 Å². The highest BCUT2D eigenvalue weighted by Crippen LogP contribution is 2.25. The Bertz CT molecular complexity index is 776. The fourth-order valence-corrected chi connectivity index (χ4v) is 2.51. The quantitative estimate of drug-likeness (QED) is 0.728. The molecule has 26 heavy (non-hydrogen) atoms. The van der Waals surface area contributed by atoms with Crippen LogP contribution in [0.1, 0.15) is 32.3 Å². The van der Waals surface area contributed by atoms with Crippen LogP contribution in [-0.2, 0) is 14.3 Å². The van der Waals surface area contributed by atoms with Crippen molar-refractivity contribution in [2.75, 3.05) is 11.9 Å². The molecule has 0 saturated carbocycles. The molecule has 0 saturated heterocycles. The number of carbonyl (C=O) groups excluding carboxylic acids is 2. The van der Waals surface area contributed by atoms with Gasteiger partial charge in [0.15, 0.2) is 12.7 Å². The number of esters is 1. The van der Waals surface area contributed by atoms with E-state index in [0.717, 1.165) is 5.56 Å². The van der Waals surface area contributed by atoms with Gasteiger partial charge in [0.1, 0.15) is 5.75 Å². The topological polar surface area (TPSA) is 64.6 Å². The van der Waals surface area contributed by atoms with Gasteiger partial charge in [-0.05, 0) is 42.7 Å². The lowest BCUT2D eigenvalue weighted by Crippen LogP contribution is -2.31. The zero-order valence-electron chi connectivity index (χ0n) is 15.0. The van der Waals surface area contributed by atoms with Crippen LogP contribution in [0.3, 0.4) is 0 Å². The van der Waals surface area contributed by atoms with Crippen molar-refractivity contribution in [1.82, 2.24) is 0 Å². The summed E-state index contributed by atoms with van der Waals surface area (Å²) in [5.74, 6) is -0.152. The minimum Gasteiger partial charge on any atom is -0.482 e. The third kappa shape index (κ3) is 5.77. The lowest BCUT2D eigenvalue weighted by molar-refractivity contribution is -0.155. The molecule has 0 spiro atoms. The van der Waals surface area contributed by atoms with Crippen LogP contribution in [0.15, 0.2) is 48.5 Å². The zero-order valence-corrected chi connectivity index (χ0v) is 15.7. The predicted molar refractivity (Wildman–Crippen MR) is 102 cm³/mol.